The number of amides is 1. The number of carbonyl (C=O) groups is 1. The molecule has 0 heterocycles. The van der Waals surface area contributed by atoms with Crippen LogP contribution >= 0.6 is 0 Å². The minimum atomic E-state index is -0.624. The van der Waals surface area contributed by atoms with E-state index in [-0.39, 0.29) is 11.7 Å². The molecule has 3 N–H and O–H groups in total. The van der Waals surface area contributed by atoms with Crippen LogP contribution in [0.3, 0.4) is 0 Å². The van der Waals surface area contributed by atoms with Gasteiger partial charge in [-0.2, -0.15) is 0 Å². The fourth-order valence-electron chi connectivity index (χ4n) is 1.62. The molecule has 0 radical (unpaired) electrons. The molecule has 1 amide bonds. The number of carbonyl (C=O) groups excluding carboxylic acids is 1. The molecule has 0 spiro atoms. The molecule has 0 unspecified atom stereocenters. The molecule has 98 valence electrons. The van der Waals surface area contributed by atoms with Gasteiger partial charge in [0, 0.05) is 25.6 Å². The van der Waals surface area contributed by atoms with Gasteiger partial charge in [0.25, 0.3) is 0 Å². The molecule has 0 aliphatic heterocycles. The lowest BCUT2D eigenvalue weighted by molar-refractivity contribution is -0.121. The number of benzene rings is 1. The van der Waals surface area contributed by atoms with Crippen LogP contribution in [0.25, 0.3) is 0 Å². The summed E-state index contributed by atoms with van der Waals surface area (Å²) in [6.07, 6.45) is 2.61. The summed E-state index contributed by atoms with van der Waals surface area (Å²) >= 11 is 0. The van der Waals surface area contributed by atoms with Crippen molar-refractivity contribution in [2.24, 2.45) is 0 Å². The van der Waals surface area contributed by atoms with Crippen LogP contribution in [-0.4, -0.2) is 23.6 Å². The molecule has 1 aliphatic rings. The van der Waals surface area contributed by atoms with E-state index in [4.69, 9.17) is 5.11 Å². The number of hydrogen-bond acceptors (Lipinski definition) is 3. The van der Waals surface area contributed by atoms with Gasteiger partial charge in [0.2, 0.25) is 5.91 Å². The summed E-state index contributed by atoms with van der Waals surface area (Å²) in [4.78, 5) is 11.4. The van der Waals surface area contributed by atoms with Gasteiger partial charge in [0.15, 0.2) is 11.6 Å². The average Bonchev–Trinajstić information content (AvgIpc) is 3.13. The highest BCUT2D eigenvalue weighted by Crippen LogP contribution is 2.18. The molecule has 1 fully saturated rings. The molecule has 0 saturated heterocycles. The zero-order chi connectivity index (χ0) is 13.0. The summed E-state index contributed by atoms with van der Waals surface area (Å²) in [5.74, 6) is -0.912. The van der Waals surface area contributed by atoms with Crippen molar-refractivity contribution < 1.29 is 14.3 Å². The predicted molar refractivity (Wildman–Crippen MR) is 65.6 cm³/mol. The normalized spacial score (nSPS) is 14.5. The Morgan fingerprint density at radius 3 is 2.89 bits per heavy atom. The van der Waals surface area contributed by atoms with Gasteiger partial charge in [-0.05, 0) is 30.5 Å². The molecule has 0 atom stereocenters. The van der Waals surface area contributed by atoms with Crippen LogP contribution in [0.15, 0.2) is 18.2 Å². The fraction of sp³-hybridized carbons (Fsp3) is 0.462. The topological polar surface area (TPSA) is 61.4 Å². The molecule has 1 saturated carbocycles. The van der Waals surface area contributed by atoms with Crippen molar-refractivity contribution in [2.75, 3.05) is 6.54 Å². The zero-order valence-electron chi connectivity index (χ0n) is 10.1. The minimum absolute atomic E-state index is 0.0573. The van der Waals surface area contributed by atoms with Crippen LogP contribution in [0.4, 0.5) is 4.39 Å². The maximum absolute atomic E-state index is 13.0. The van der Waals surface area contributed by atoms with E-state index >= 15 is 0 Å². The fourth-order valence-corrected chi connectivity index (χ4v) is 1.62. The minimum Gasteiger partial charge on any atom is -0.505 e. The van der Waals surface area contributed by atoms with E-state index in [1.165, 1.54) is 12.1 Å². The second-order valence-electron chi connectivity index (χ2n) is 4.55. The second-order valence-corrected chi connectivity index (χ2v) is 4.55. The van der Waals surface area contributed by atoms with E-state index < -0.39 is 5.82 Å². The van der Waals surface area contributed by atoms with Gasteiger partial charge in [0.1, 0.15) is 0 Å². The molecule has 2 rings (SSSR count). The molecular weight excluding hydrogens is 235 g/mol. The van der Waals surface area contributed by atoms with Gasteiger partial charge in [-0.15, -0.1) is 0 Å². The lowest BCUT2D eigenvalue weighted by Crippen LogP contribution is -2.29. The van der Waals surface area contributed by atoms with Gasteiger partial charge < -0.3 is 15.7 Å². The maximum Gasteiger partial charge on any atom is 0.221 e. The number of aromatic hydroxyl groups is 1. The van der Waals surface area contributed by atoms with Crippen LogP contribution in [0.1, 0.15) is 24.8 Å². The van der Waals surface area contributed by atoms with Crippen molar-refractivity contribution in [1.82, 2.24) is 10.6 Å². The first-order valence-electron chi connectivity index (χ1n) is 6.12. The summed E-state index contributed by atoms with van der Waals surface area (Å²) in [6.45, 7) is 1.04. The second kappa shape index (κ2) is 5.82. The molecule has 5 heteroatoms. The summed E-state index contributed by atoms with van der Waals surface area (Å²) in [6, 6.07) is 4.65. The molecule has 18 heavy (non-hydrogen) atoms. The average molecular weight is 252 g/mol. The number of rotatable bonds is 6. The highest BCUT2D eigenvalue weighted by molar-refractivity contribution is 5.76. The third-order valence-electron chi connectivity index (χ3n) is 2.81. The first kappa shape index (κ1) is 12.8. The molecule has 1 aromatic carbocycles. The van der Waals surface area contributed by atoms with Crippen LogP contribution in [-0.2, 0) is 11.3 Å². The number of hydrogen-bond donors (Lipinski definition) is 3. The first-order chi connectivity index (χ1) is 8.65. The summed E-state index contributed by atoms with van der Waals surface area (Å²) < 4.78 is 13.0. The maximum atomic E-state index is 13.0. The van der Waals surface area contributed by atoms with Crippen molar-refractivity contribution >= 4 is 5.91 Å². The monoisotopic (exact) mass is 252 g/mol. The lowest BCUT2D eigenvalue weighted by atomic mass is 10.2. The van der Waals surface area contributed by atoms with Gasteiger partial charge in [-0.1, -0.05) is 6.07 Å². The van der Waals surface area contributed by atoms with Gasteiger partial charge in [-0.25, -0.2) is 4.39 Å². The van der Waals surface area contributed by atoms with Crippen LogP contribution in [0, 0.1) is 5.82 Å². The van der Waals surface area contributed by atoms with Gasteiger partial charge >= 0.3 is 0 Å². The zero-order valence-corrected chi connectivity index (χ0v) is 10.1. The largest absolute Gasteiger partial charge is 0.505 e. The predicted octanol–water partition coefficient (Wildman–Crippen LogP) is 1.29. The van der Waals surface area contributed by atoms with Crippen LogP contribution in [0.5, 0.6) is 5.75 Å². The van der Waals surface area contributed by atoms with Gasteiger partial charge in [0.05, 0.1) is 0 Å². The van der Waals surface area contributed by atoms with Crippen LogP contribution in [0.2, 0.25) is 0 Å². The van der Waals surface area contributed by atoms with Crippen LogP contribution < -0.4 is 10.6 Å². The Morgan fingerprint density at radius 2 is 2.22 bits per heavy atom. The summed E-state index contributed by atoms with van der Waals surface area (Å²) in [7, 11) is 0. The van der Waals surface area contributed by atoms with Crippen molar-refractivity contribution in [1.29, 1.82) is 0 Å². The van der Waals surface area contributed by atoms with Gasteiger partial charge in [-0.3, -0.25) is 4.79 Å². The molecule has 1 aromatic rings. The first-order valence-corrected chi connectivity index (χ1v) is 6.12. The molecule has 0 bridgehead atoms. The summed E-state index contributed by atoms with van der Waals surface area (Å²) in [5.41, 5.74) is 0.743. The van der Waals surface area contributed by atoms with E-state index in [2.05, 4.69) is 10.6 Å². The quantitative estimate of drug-likeness (QED) is 0.669. The van der Waals surface area contributed by atoms with E-state index in [0.717, 1.165) is 18.4 Å². The van der Waals surface area contributed by atoms with Crippen molar-refractivity contribution in [3.05, 3.63) is 29.6 Å². The molecule has 1 aliphatic carbocycles. The Hall–Kier alpha value is -1.62. The number of nitrogens with one attached hydrogen (secondary N) is 2. The van der Waals surface area contributed by atoms with Crippen molar-refractivity contribution in [3.8, 4) is 5.75 Å². The third kappa shape index (κ3) is 4.00. The Balaban J connectivity index is 1.64. The lowest BCUT2D eigenvalue weighted by Gasteiger charge is -2.06. The smallest absolute Gasteiger partial charge is 0.221 e. The summed E-state index contributed by atoms with van der Waals surface area (Å²) in [5, 5.41) is 15.0. The molecule has 0 aromatic heterocycles. The Labute approximate surface area is 105 Å². The molecule has 4 nitrogen and oxygen atoms in total. The standard InChI is InChI=1S/C13H17FN2O2/c14-11-7-9(1-4-12(11)17)8-15-6-5-13(18)16-10-2-3-10/h1,4,7,10,15,17H,2-3,5-6,8H2,(H,16,18). The highest BCUT2D eigenvalue weighted by Gasteiger charge is 2.22. The number of halogens is 1. The Bertz CT molecular complexity index is 433. The Morgan fingerprint density at radius 1 is 1.44 bits per heavy atom. The van der Waals surface area contributed by atoms with E-state index in [9.17, 15) is 9.18 Å². The van der Waals surface area contributed by atoms with E-state index in [1.54, 1.807) is 6.07 Å². The number of phenols is 1. The van der Waals surface area contributed by atoms with E-state index in [1.807, 2.05) is 0 Å². The highest BCUT2D eigenvalue weighted by atomic mass is 19.1. The SMILES string of the molecule is O=C(CCNCc1ccc(O)c(F)c1)NC1CC1. The number of phenolic OH excluding ortho intramolecular Hbond substituents is 1. The van der Waals surface area contributed by atoms with Crippen molar-refractivity contribution in [3.63, 3.8) is 0 Å². The van der Waals surface area contributed by atoms with Crippen molar-refractivity contribution in [2.45, 2.75) is 31.8 Å². The molecular formula is C13H17FN2O2. The Kier molecular flexibility index (Phi) is 4.15. The van der Waals surface area contributed by atoms with E-state index in [0.29, 0.717) is 25.6 Å². The third-order valence-corrected chi connectivity index (χ3v) is 2.81.